The molecule has 0 radical (unpaired) electrons. The number of anilines is 2. The van der Waals surface area contributed by atoms with E-state index in [1.165, 1.54) is 10.6 Å². The number of pyridine rings is 1. The second kappa shape index (κ2) is 7.79. The number of aryl methyl sites for hydroxylation is 2. The van der Waals surface area contributed by atoms with Crippen molar-refractivity contribution < 1.29 is 17.9 Å². The smallest absolute Gasteiger partial charge is 0.422 e. The van der Waals surface area contributed by atoms with Crippen molar-refractivity contribution in [3.8, 4) is 5.88 Å². The highest BCUT2D eigenvalue weighted by Crippen LogP contribution is 2.39. The Morgan fingerprint density at radius 2 is 1.88 bits per heavy atom. The number of ether oxygens (including phenoxy) is 1. The van der Waals surface area contributed by atoms with Crippen LogP contribution in [0, 0.1) is 25.7 Å². The van der Waals surface area contributed by atoms with Gasteiger partial charge in [0.05, 0.1) is 0 Å². The monoisotopic (exact) mass is 447 g/mol. The van der Waals surface area contributed by atoms with Crippen LogP contribution in [0.5, 0.6) is 5.88 Å². The van der Waals surface area contributed by atoms with Crippen LogP contribution in [0.4, 0.5) is 24.9 Å². The molecule has 170 valence electrons. The van der Waals surface area contributed by atoms with Crippen molar-refractivity contribution in [1.82, 2.24) is 24.6 Å². The van der Waals surface area contributed by atoms with Gasteiger partial charge in [0.15, 0.2) is 12.3 Å². The predicted molar refractivity (Wildman–Crippen MR) is 112 cm³/mol. The third-order valence-electron chi connectivity index (χ3n) is 6.27. The minimum atomic E-state index is -4.42. The highest BCUT2D eigenvalue weighted by Gasteiger charge is 2.43. The average Bonchev–Trinajstić information content (AvgIpc) is 3.25. The van der Waals surface area contributed by atoms with Crippen molar-refractivity contribution >= 4 is 17.4 Å². The van der Waals surface area contributed by atoms with E-state index in [0.717, 1.165) is 43.0 Å². The highest BCUT2D eigenvalue weighted by molar-refractivity contribution is 5.53. The molecule has 11 heteroatoms. The zero-order valence-electron chi connectivity index (χ0n) is 17.8. The van der Waals surface area contributed by atoms with Crippen molar-refractivity contribution in [3.63, 3.8) is 0 Å². The first kappa shape index (κ1) is 20.8. The predicted octanol–water partition coefficient (Wildman–Crippen LogP) is 3.40. The summed E-state index contributed by atoms with van der Waals surface area (Å²) in [6.07, 6.45) is -0.642. The molecule has 2 bridgehead atoms. The van der Waals surface area contributed by atoms with E-state index in [1.807, 2.05) is 19.9 Å². The van der Waals surface area contributed by atoms with Crippen LogP contribution in [0.1, 0.15) is 24.1 Å². The van der Waals surface area contributed by atoms with Crippen LogP contribution in [0.2, 0.25) is 0 Å². The second-order valence-electron chi connectivity index (χ2n) is 8.62. The van der Waals surface area contributed by atoms with E-state index >= 15 is 0 Å². The molecule has 1 saturated heterocycles. The number of hydrogen-bond acceptors (Lipinski definition) is 7. The van der Waals surface area contributed by atoms with Crippen LogP contribution < -0.4 is 15.0 Å². The molecule has 0 spiro atoms. The molecule has 5 rings (SSSR count). The molecule has 1 aliphatic heterocycles. The Morgan fingerprint density at radius 1 is 1.12 bits per heavy atom. The lowest BCUT2D eigenvalue weighted by Gasteiger charge is -2.38. The zero-order valence-corrected chi connectivity index (χ0v) is 17.8. The molecule has 3 aromatic heterocycles. The Hall–Kier alpha value is -3.11. The van der Waals surface area contributed by atoms with Crippen LogP contribution in [0.15, 0.2) is 24.5 Å². The summed E-state index contributed by atoms with van der Waals surface area (Å²) < 4.78 is 44.1. The summed E-state index contributed by atoms with van der Waals surface area (Å²) in [4.78, 5) is 15.5. The lowest BCUT2D eigenvalue weighted by atomic mass is 9.92. The van der Waals surface area contributed by atoms with Crippen LogP contribution >= 0.6 is 0 Å². The first-order chi connectivity index (χ1) is 15.3. The summed E-state index contributed by atoms with van der Waals surface area (Å²) in [5.74, 6) is 2.17. The molecular weight excluding hydrogens is 423 g/mol. The van der Waals surface area contributed by atoms with Crippen LogP contribution in [0.25, 0.3) is 5.65 Å². The van der Waals surface area contributed by atoms with Gasteiger partial charge in [-0.2, -0.15) is 22.7 Å². The quantitative estimate of drug-likeness (QED) is 0.642. The van der Waals surface area contributed by atoms with Crippen LogP contribution in [-0.2, 0) is 0 Å². The fourth-order valence-electron chi connectivity index (χ4n) is 4.80. The molecule has 8 nitrogen and oxygen atoms in total. The topological polar surface area (TPSA) is 80.5 Å². The third-order valence-corrected chi connectivity index (χ3v) is 6.27. The summed E-state index contributed by atoms with van der Waals surface area (Å²) in [5.41, 5.74) is 2.23. The Labute approximate surface area is 182 Å². The zero-order chi connectivity index (χ0) is 22.5. The summed E-state index contributed by atoms with van der Waals surface area (Å²) in [6, 6.07) is 5.37. The molecule has 1 aliphatic carbocycles. The van der Waals surface area contributed by atoms with Gasteiger partial charge in [-0.15, -0.1) is 5.10 Å². The Balaban J connectivity index is 1.34. The maximum absolute atomic E-state index is 12.6. The van der Waals surface area contributed by atoms with Gasteiger partial charge in [0.25, 0.3) is 0 Å². The number of halogens is 3. The number of aromatic nitrogens is 5. The van der Waals surface area contributed by atoms with E-state index < -0.39 is 12.8 Å². The van der Waals surface area contributed by atoms with Gasteiger partial charge in [-0.05, 0) is 44.1 Å². The van der Waals surface area contributed by atoms with E-state index in [0.29, 0.717) is 23.4 Å². The standard InChI is InChI=1S/C21H24F3N7O/c1-12-3-6-17(32-10-21(22,23)24)31-19(12)28-20(29-31)27-18-14-4-5-15(18)9-30(8-14)16-7-13(2)25-11-26-16/h3,6-7,11,14-15,18H,4-5,8-10H2,1-2H3,(H,27,29). The van der Waals surface area contributed by atoms with Crippen molar-refractivity contribution in [1.29, 1.82) is 0 Å². The van der Waals surface area contributed by atoms with Gasteiger partial charge in [0, 0.05) is 37.0 Å². The van der Waals surface area contributed by atoms with Crippen molar-refractivity contribution in [3.05, 3.63) is 35.8 Å². The summed E-state index contributed by atoms with van der Waals surface area (Å²) in [6.45, 7) is 4.16. The van der Waals surface area contributed by atoms with Gasteiger partial charge in [-0.3, -0.25) is 0 Å². The van der Waals surface area contributed by atoms with Gasteiger partial charge in [0.2, 0.25) is 11.8 Å². The van der Waals surface area contributed by atoms with Gasteiger partial charge in [0.1, 0.15) is 12.1 Å². The molecule has 1 N–H and O–H groups in total. The molecule has 1 saturated carbocycles. The average molecular weight is 447 g/mol. The molecule has 2 unspecified atom stereocenters. The number of nitrogens with zero attached hydrogens (tertiary/aromatic N) is 6. The summed E-state index contributed by atoms with van der Waals surface area (Å²) >= 11 is 0. The van der Waals surface area contributed by atoms with Gasteiger partial charge in [-0.1, -0.05) is 6.07 Å². The van der Waals surface area contributed by atoms with Crippen LogP contribution in [0.3, 0.4) is 0 Å². The number of nitrogens with one attached hydrogen (secondary N) is 1. The highest BCUT2D eigenvalue weighted by atomic mass is 19.4. The van der Waals surface area contributed by atoms with E-state index in [-0.39, 0.29) is 11.9 Å². The first-order valence-electron chi connectivity index (χ1n) is 10.6. The lowest BCUT2D eigenvalue weighted by Crippen LogP contribution is -2.48. The normalized spacial score (nSPS) is 23.0. The maximum atomic E-state index is 12.6. The molecule has 3 aromatic rings. The summed E-state index contributed by atoms with van der Waals surface area (Å²) in [7, 11) is 0. The van der Waals surface area contributed by atoms with E-state index in [4.69, 9.17) is 4.74 Å². The number of fused-ring (bicyclic) bond motifs is 3. The molecule has 2 aliphatic rings. The minimum absolute atomic E-state index is 0.0143. The summed E-state index contributed by atoms with van der Waals surface area (Å²) in [5, 5.41) is 7.88. The molecule has 0 aromatic carbocycles. The van der Waals surface area contributed by atoms with Crippen molar-refractivity contribution in [2.45, 2.75) is 38.9 Å². The fourth-order valence-corrected chi connectivity index (χ4v) is 4.80. The molecule has 32 heavy (non-hydrogen) atoms. The van der Waals surface area contributed by atoms with Crippen molar-refractivity contribution in [2.24, 2.45) is 11.8 Å². The molecule has 2 fully saturated rings. The second-order valence-corrected chi connectivity index (χ2v) is 8.62. The largest absolute Gasteiger partial charge is 0.468 e. The molecule has 4 heterocycles. The number of rotatable bonds is 5. The molecular formula is C21H24F3N7O. The van der Waals surface area contributed by atoms with E-state index in [9.17, 15) is 13.2 Å². The van der Waals surface area contributed by atoms with Gasteiger partial charge in [-0.25, -0.2) is 9.97 Å². The number of piperidine rings is 1. The number of hydrogen-bond donors (Lipinski definition) is 1. The molecule has 2 atom stereocenters. The minimum Gasteiger partial charge on any atom is -0.468 e. The SMILES string of the molecule is Cc1cc(N2CC3CCC(C2)C3Nc2nc3c(C)ccc(OCC(F)(F)F)n3n2)ncn1. The Bertz CT molecular complexity index is 1120. The Morgan fingerprint density at radius 3 is 2.56 bits per heavy atom. The lowest BCUT2D eigenvalue weighted by molar-refractivity contribution is -0.154. The van der Waals surface area contributed by atoms with E-state index in [1.54, 1.807) is 12.4 Å². The van der Waals surface area contributed by atoms with E-state index in [2.05, 4.69) is 30.3 Å². The van der Waals surface area contributed by atoms with Gasteiger partial charge < -0.3 is 15.0 Å². The number of alkyl halides is 3. The Kier molecular flexibility index (Phi) is 5.06. The van der Waals surface area contributed by atoms with Crippen molar-refractivity contribution in [2.75, 3.05) is 29.9 Å². The molecule has 0 amide bonds. The fraction of sp³-hybridized carbons (Fsp3) is 0.524. The maximum Gasteiger partial charge on any atom is 0.422 e. The first-order valence-corrected chi connectivity index (χ1v) is 10.6. The third kappa shape index (κ3) is 4.03. The van der Waals surface area contributed by atoms with Gasteiger partial charge >= 0.3 is 6.18 Å². The van der Waals surface area contributed by atoms with Crippen LogP contribution in [-0.4, -0.2) is 56.5 Å².